The van der Waals surface area contributed by atoms with Crippen molar-refractivity contribution in [2.45, 2.75) is 20.5 Å². The molecule has 37 heavy (non-hydrogen) atoms. The van der Waals surface area contributed by atoms with Crippen LogP contribution in [-0.2, 0) is 16.2 Å². The normalized spacial score (nSPS) is 14.7. The number of hydrogen-bond donors (Lipinski definition) is 1. The number of methoxy groups -OCH3 is 1. The first kappa shape index (κ1) is 27.0. The van der Waals surface area contributed by atoms with Crippen molar-refractivity contribution >= 4 is 75.4 Å². The Kier molecular flexibility index (Phi) is 8.11. The molecule has 10 heteroatoms. The molecule has 0 unspecified atom stereocenters. The van der Waals surface area contributed by atoms with E-state index in [0.29, 0.717) is 36.4 Å². The highest BCUT2D eigenvalue weighted by atomic mass is 127. The second-order valence-corrected chi connectivity index (χ2v) is 10.3. The molecule has 1 N–H and O–H groups in total. The lowest BCUT2D eigenvalue weighted by Gasteiger charge is -2.27. The van der Waals surface area contributed by atoms with Gasteiger partial charge in [-0.15, -0.1) is 0 Å². The minimum atomic E-state index is -0.795. The van der Waals surface area contributed by atoms with Gasteiger partial charge in [0.15, 0.2) is 11.5 Å². The standard InChI is InChI=1S/C27H21Cl2IN2O5/c1-14-4-7-22(15(2)8-14)32-26(34)19(25(33)31-27(32)35)9-16-10-21(30)24(23(11-16)36-3)37-13-17-5-6-18(28)12-20(17)29/h4-12H,13H2,1-3H3,(H,31,33,35)/b19-9+. The highest BCUT2D eigenvalue weighted by Gasteiger charge is 2.37. The molecule has 3 aromatic rings. The summed E-state index contributed by atoms with van der Waals surface area (Å²) in [5.41, 5.74) is 3.21. The van der Waals surface area contributed by atoms with Gasteiger partial charge in [-0.3, -0.25) is 14.9 Å². The third-order valence-electron chi connectivity index (χ3n) is 5.64. The largest absolute Gasteiger partial charge is 0.493 e. The van der Waals surface area contributed by atoms with E-state index in [1.165, 1.54) is 13.2 Å². The molecule has 7 nitrogen and oxygen atoms in total. The van der Waals surface area contributed by atoms with Crippen LogP contribution in [0.3, 0.4) is 0 Å². The third-order valence-corrected chi connectivity index (χ3v) is 7.03. The number of carbonyl (C=O) groups excluding carboxylic acids is 3. The molecule has 1 fully saturated rings. The number of amides is 4. The van der Waals surface area contributed by atoms with Gasteiger partial charge in [0.05, 0.1) is 16.4 Å². The number of urea groups is 1. The first-order valence-corrected chi connectivity index (χ1v) is 12.9. The van der Waals surface area contributed by atoms with E-state index in [9.17, 15) is 14.4 Å². The molecule has 0 saturated carbocycles. The van der Waals surface area contributed by atoms with E-state index in [1.54, 1.807) is 49.4 Å². The summed E-state index contributed by atoms with van der Waals surface area (Å²) in [6.07, 6.45) is 1.42. The van der Waals surface area contributed by atoms with Crippen molar-refractivity contribution in [2.75, 3.05) is 12.0 Å². The summed E-state index contributed by atoms with van der Waals surface area (Å²) in [5.74, 6) is -0.618. The van der Waals surface area contributed by atoms with Crippen LogP contribution in [0, 0.1) is 17.4 Å². The topological polar surface area (TPSA) is 84.9 Å². The predicted octanol–water partition coefficient (Wildman–Crippen LogP) is 6.47. The van der Waals surface area contributed by atoms with Crippen LogP contribution < -0.4 is 19.7 Å². The van der Waals surface area contributed by atoms with Gasteiger partial charge in [-0.2, -0.15) is 0 Å². The number of anilines is 1. The van der Waals surface area contributed by atoms with Crippen LogP contribution >= 0.6 is 45.8 Å². The van der Waals surface area contributed by atoms with Crippen LogP contribution in [0.25, 0.3) is 6.08 Å². The molecule has 4 amide bonds. The van der Waals surface area contributed by atoms with Gasteiger partial charge in [0.1, 0.15) is 12.2 Å². The fourth-order valence-electron chi connectivity index (χ4n) is 3.85. The van der Waals surface area contributed by atoms with Gasteiger partial charge in [-0.25, -0.2) is 9.69 Å². The summed E-state index contributed by atoms with van der Waals surface area (Å²) >= 11 is 14.3. The van der Waals surface area contributed by atoms with Gasteiger partial charge in [0.25, 0.3) is 11.8 Å². The minimum absolute atomic E-state index is 0.177. The van der Waals surface area contributed by atoms with Crippen LogP contribution in [0.1, 0.15) is 22.3 Å². The molecule has 1 aliphatic rings. The molecule has 0 spiro atoms. The van der Waals surface area contributed by atoms with Crippen molar-refractivity contribution in [3.8, 4) is 11.5 Å². The number of carbonyl (C=O) groups is 3. The Labute approximate surface area is 237 Å². The number of nitrogens with zero attached hydrogens (tertiary/aromatic N) is 1. The molecule has 1 heterocycles. The summed E-state index contributed by atoms with van der Waals surface area (Å²) < 4.78 is 12.2. The van der Waals surface area contributed by atoms with Crippen molar-refractivity contribution in [1.29, 1.82) is 0 Å². The highest BCUT2D eigenvalue weighted by Crippen LogP contribution is 2.36. The fourth-order valence-corrected chi connectivity index (χ4v) is 5.10. The average molecular weight is 651 g/mol. The first-order chi connectivity index (χ1) is 17.6. The van der Waals surface area contributed by atoms with Gasteiger partial charge in [0.2, 0.25) is 0 Å². The predicted molar refractivity (Wildman–Crippen MR) is 151 cm³/mol. The van der Waals surface area contributed by atoms with Gasteiger partial charge in [-0.05, 0) is 84.0 Å². The summed E-state index contributed by atoms with van der Waals surface area (Å²) in [6, 6.07) is 13.1. The average Bonchev–Trinajstić information content (AvgIpc) is 2.83. The maximum absolute atomic E-state index is 13.3. The van der Waals surface area contributed by atoms with Crippen LogP contribution in [0.15, 0.2) is 54.1 Å². The maximum Gasteiger partial charge on any atom is 0.335 e. The summed E-state index contributed by atoms with van der Waals surface area (Å²) in [7, 11) is 1.49. The Balaban J connectivity index is 1.65. The molecule has 190 valence electrons. The van der Waals surface area contributed by atoms with E-state index >= 15 is 0 Å². The Morgan fingerprint density at radius 2 is 1.78 bits per heavy atom. The highest BCUT2D eigenvalue weighted by molar-refractivity contribution is 14.1. The number of hydrogen-bond acceptors (Lipinski definition) is 5. The molecule has 1 saturated heterocycles. The lowest BCUT2D eigenvalue weighted by atomic mass is 10.0. The smallest absolute Gasteiger partial charge is 0.335 e. The van der Waals surface area contributed by atoms with Crippen molar-refractivity contribution in [2.24, 2.45) is 0 Å². The molecular formula is C27H21Cl2IN2O5. The molecular weight excluding hydrogens is 630 g/mol. The molecule has 0 aliphatic carbocycles. The number of aryl methyl sites for hydroxylation is 2. The van der Waals surface area contributed by atoms with E-state index in [0.717, 1.165) is 21.6 Å². The Bertz CT molecular complexity index is 1470. The number of imide groups is 2. The quantitative estimate of drug-likeness (QED) is 0.188. The fraction of sp³-hybridized carbons (Fsp3) is 0.148. The number of barbiturate groups is 1. The number of nitrogens with one attached hydrogen (secondary N) is 1. The molecule has 0 radical (unpaired) electrons. The van der Waals surface area contributed by atoms with Crippen LogP contribution in [-0.4, -0.2) is 25.0 Å². The Hall–Kier alpha value is -3.08. The van der Waals surface area contributed by atoms with Crippen molar-refractivity contribution in [1.82, 2.24) is 5.32 Å². The Morgan fingerprint density at radius 1 is 1.03 bits per heavy atom. The minimum Gasteiger partial charge on any atom is -0.493 e. The zero-order valence-corrected chi connectivity index (χ0v) is 23.7. The van der Waals surface area contributed by atoms with Crippen LogP contribution in [0.5, 0.6) is 11.5 Å². The molecule has 3 aromatic carbocycles. The SMILES string of the molecule is COc1cc(/C=C2\C(=O)NC(=O)N(c3ccc(C)cc3C)C2=O)cc(I)c1OCc1ccc(Cl)cc1Cl. The van der Waals surface area contributed by atoms with E-state index in [1.807, 2.05) is 13.0 Å². The van der Waals surface area contributed by atoms with Crippen molar-refractivity contribution < 1.29 is 23.9 Å². The lowest BCUT2D eigenvalue weighted by Crippen LogP contribution is -2.54. The van der Waals surface area contributed by atoms with Crippen LogP contribution in [0.4, 0.5) is 10.5 Å². The van der Waals surface area contributed by atoms with E-state index in [-0.39, 0.29) is 12.2 Å². The number of ether oxygens (including phenoxy) is 2. The summed E-state index contributed by atoms with van der Waals surface area (Å²) in [6.45, 7) is 3.89. The second-order valence-electron chi connectivity index (χ2n) is 8.31. The van der Waals surface area contributed by atoms with Crippen molar-refractivity contribution in [3.63, 3.8) is 0 Å². The van der Waals surface area contributed by atoms with Gasteiger partial charge >= 0.3 is 6.03 Å². The number of rotatable bonds is 6. The van der Waals surface area contributed by atoms with E-state index in [4.69, 9.17) is 32.7 Å². The lowest BCUT2D eigenvalue weighted by molar-refractivity contribution is -0.122. The van der Waals surface area contributed by atoms with Gasteiger partial charge in [0, 0.05) is 15.6 Å². The molecule has 0 bridgehead atoms. The zero-order chi connectivity index (χ0) is 26.9. The molecule has 4 rings (SSSR count). The second kappa shape index (κ2) is 11.1. The third kappa shape index (κ3) is 5.76. The molecule has 0 atom stereocenters. The molecule has 1 aliphatic heterocycles. The van der Waals surface area contributed by atoms with E-state index < -0.39 is 17.8 Å². The summed E-state index contributed by atoms with van der Waals surface area (Å²) in [4.78, 5) is 39.5. The van der Waals surface area contributed by atoms with Gasteiger partial charge < -0.3 is 9.47 Å². The Morgan fingerprint density at radius 3 is 2.46 bits per heavy atom. The van der Waals surface area contributed by atoms with Gasteiger partial charge in [-0.1, -0.05) is 47.0 Å². The van der Waals surface area contributed by atoms with Crippen LogP contribution in [0.2, 0.25) is 10.0 Å². The van der Waals surface area contributed by atoms with Crippen molar-refractivity contribution in [3.05, 3.63) is 90.0 Å². The zero-order valence-electron chi connectivity index (χ0n) is 20.0. The monoisotopic (exact) mass is 650 g/mol. The van der Waals surface area contributed by atoms with E-state index in [2.05, 4.69) is 27.9 Å². The maximum atomic E-state index is 13.3. The first-order valence-electron chi connectivity index (χ1n) is 11.0. The molecule has 0 aromatic heterocycles. The summed E-state index contributed by atoms with van der Waals surface area (Å²) in [5, 5.41) is 3.26. The number of benzene rings is 3. The number of halogens is 3.